The van der Waals surface area contributed by atoms with Gasteiger partial charge in [0.25, 0.3) is 0 Å². The third kappa shape index (κ3) is 4.70. The van der Waals surface area contributed by atoms with Crippen molar-refractivity contribution in [2.45, 2.75) is 45.4 Å². The van der Waals surface area contributed by atoms with Gasteiger partial charge in [-0.15, -0.1) is 0 Å². The van der Waals surface area contributed by atoms with Gasteiger partial charge < -0.3 is 0 Å². The van der Waals surface area contributed by atoms with E-state index >= 15 is 0 Å². The summed E-state index contributed by atoms with van der Waals surface area (Å²) in [5.74, 6) is 0.340. The number of nitrogens with zero attached hydrogens (tertiary/aromatic N) is 4. The number of fused-ring (bicyclic) bond motifs is 2. The second-order valence-electron chi connectivity index (χ2n) is 8.88. The zero-order valence-electron chi connectivity index (χ0n) is 20.3. The zero-order chi connectivity index (χ0) is 24.9. The van der Waals surface area contributed by atoms with Crippen LogP contribution >= 0.6 is 0 Å². The number of pyridine rings is 1. The molecule has 2 unspecified atom stereocenters. The van der Waals surface area contributed by atoms with Crippen LogP contribution in [0.4, 0.5) is 4.39 Å². The molecule has 0 spiro atoms. The van der Waals surface area contributed by atoms with Crippen LogP contribution in [0.15, 0.2) is 79.3 Å². The molecule has 35 heavy (non-hydrogen) atoms. The molecule has 0 amide bonds. The number of para-hydroxylation sites is 1. The van der Waals surface area contributed by atoms with E-state index in [9.17, 15) is 9.65 Å². The highest BCUT2D eigenvalue weighted by molar-refractivity contribution is 5.92. The lowest BCUT2D eigenvalue weighted by molar-refractivity contribution is 0.378. The van der Waals surface area contributed by atoms with Crippen LogP contribution in [0.3, 0.4) is 0 Å². The number of hydrogen-bond acceptors (Lipinski definition) is 4. The summed E-state index contributed by atoms with van der Waals surface area (Å²) in [5.41, 5.74) is 4.95. The van der Waals surface area contributed by atoms with Crippen molar-refractivity contribution in [1.29, 1.82) is 5.26 Å². The maximum atomic E-state index is 15.0. The summed E-state index contributed by atoms with van der Waals surface area (Å²) in [6.07, 6.45) is 10.2. The summed E-state index contributed by atoms with van der Waals surface area (Å²) < 4.78 is 15.0. The van der Waals surface area contributed by atoms with Gasteiger partial charge in [-0.2, -0.15) is 5.26 Å². The van der Waals surface area contributed by atoms with Crippen molar-refractivity contribution in [3.63, 3.8) is 0 Å². The van der Waals surface area contributed by atoms with E-state index in [2.05, 4.69) is 31.1 Å². The van der Waals surface area contributed by atoms with Crippen LogP contribution in [0.1, 0.15) is 56.0 Å². The Morgan fingerprint density at radius 3 is 2.71 bits per heavy atom. The lowest BCUT2D eigenvalue weighted by Crippen LogP contribution is -2.23. The molecule has 0 aliphatic heterocycles. The van der Waals surface area contributed by atoms with Crippen LogP contribution in [0.2, 0.25) is 0 Å². The van der Waals surface area contributed by atoms with Crippen molar-refractivity contribution in [1.82, 2.24) is 15.0 Å². The number of rotatable bonds is 7. The van der Waals surface area contributed by atoms with Crippen LogP contribution < -0.4 is 0 Å². The van der Waals surface area contributed by atoms with Crippen molar-refractivity contribution in [3.05, 3.63) is 96.3 Å². The largest absolute Gasteiger partial charge is 0.256 e. The van der Waals surface area contributed by atoms with Gasteiger partial charge in [0.05, 0.1) is 23.0 Å². The Labute approximate surface area is 206 Å². The molecule has 3 aromatic rings. The molecule has 0 fully saturated rings. The predicted octanol–water partition coefficient (Wildman–Crippen LogP) is 7.66. The van der Waals surface area contributed by atoms with Crippen LogP contribution in [0.25, 0.3) is 27.9 Å². The SMILES string of the molecule is C=C/C(F)=C(\C=C)c1nc(-c2ccnc3ccccc23)nc2c1CCC(CCC)C2/C=C(\C)C#N. The number of hydrogen-bond donors (Lipinski definition) is 0. The fourth-order valence-electron chi connectivity index (χ4n) is 5.02. The molecule has 0 saturated heterocycles. The third-order valence-electron chi connectivity index (χ3n) is 6.68. The standard InChI is InChI=1S/C30H29FN4/c1-5-10-20-13-14-24-28(21(6-2)26(31)7-3)34-30(35-29(24)25(20)17-19(4)18-32)23-15-16-33-27-12-9-8-11-22(23)27/h6-9,11-12,15-17,20,25H,2-3,5,10,13-14H2,1,4H3/b19-17+,26-21-. The molecule has 176 valence electrons. The summed E-state index contributed by atoms with van der Waals surface area (Å²) in [7, 11) is 0. The monoisotopic (exact) mass is 464 g/mol. The van der Waals surface area contributed by atoms with Crippen LogP contribution in [0.5, 0.6) is 0 Å². The van der Waals surface area contributed by atoms with Crippen LogP contribution in [0, 0.1) is 17.2 Å². The van der Waals surface area contributed by atoms with Crippen molar-refractivity contribution in [2.24, 2.45) is 5.92 Å². The van der Waals surface area contributed by atoms with Gasteiger partial charge in [-0.05, 0) is 50.3 Å². The molecule has 4 nitrogen and oxygen atoms in total. The molecule has 1 aromatic carbocycles. The Morgan fingerprint density at radius 1 is 1.20 bits per heavy atom. The number of benzene rings is 1. The number of halogens is 1. The minimum atomic E-state index is -0.470. The van der Waals surface area contributed by atoms with Crippen molar-refractivity contribution < 1.29 is 4.39 Å². The van der Waals surface area contributed by atoms with Crippen molar-refractivity contribution >= 4 is 16.5 Å². The van der Waals surface area contributed by atoms with E-state index in [1.54, 1.807) is 6.20 Å². The van der Waals surface area contributed by atoms with Gasteiger partial charge in [0.15, 0.2) is 5.82 Å². The Morgan fingerprint density at radius 2 is 2.00 bits per heavy atom. The van der Waals surface area contributed by atoms with Gasteiger partial charge in [-0.3, -0.25) is 4.98 Å². The molecular weight excluding hydrogens is 435 g/mol. The van der Waals surface area contributed by atoms with Crippen LogP contribution in [-0.2, 0) is 6.42 Å². The molecule has 4 rings (SSSR count). The lowest BCUT2D eigenvalue weighted by Gasteiger charge is -2.32. The normalized spacial score (nSPS) is 18.4. The molecule has 0 saturated carbocycles. The zero-order valence-corrected chi connectivity index (χ0v) is 20.3. The van der Waals surface area contributed by atoms with Gasteiger partial charge in [0.2, 0.25) is 0 Å². The maximum Gasteiger partial charge on any atom is 0.160 e. The molecular formula is C30H29FN4. The summed E-state index contributed by atoms with van der Waals surface area (Å²) in [6, 6.07) is 12.0. The molecule has 0 N–H and O–H groups in total. The van der Waals surface area contributed by atoms with E-state index in [0.29, 0.717) is 28.6 Å². The number of aromatic nitrogens is 3. The number of allylic oxidation sites excluding steroid dienone is 6. The summed E-state index contributed by atoms with van der Waals surface area (Å²) >= 11 is 0. The summed E-state index contributed by atoms with van der Waals surface area (Å²) in [4.78, 5) is 14.5. The fourth-order valence-corrected chi connectivity index (χ4v) is 5.02. The average Bonchev–Trinajstić information content (AvgIpc) is 2.89. The first-order chi connectivity index (χ1) is 17.0. The van der Waals surface area contributed by atoms with E-state index in [1.807, 2.05) is 43.3 Å². The van der Waals surface area contributed by atoms with Gasteiger partial charge in [-0.25, -0.2) is 14.4 Å². The second kappa shape index (κ2) is 10.6. The molecule has 2 aromatic heterocycles. The number of nitriles is 1. The minimum Gasteiger partial charge on any atom is -0.256 e. The first-order valence-electron chi connectivity index (χ1n) is 12.0. The Kier molecular flexibility index (Phi) is 7.31. The molecule has 1 aliphatic carbocycles. The van der Waals surface area contributed by atoms with E-state index in [1.165, 1.54) is 12.2 Å². The molecule has 0 radical (unpaired) electrons. The molecule has 5 heteroatoms. The van der Waals surface area contributed by atoms with E-state index in [-0.39, 0.29) is 5.92 Å². The lowest BCUT2D eigenvalue weighted by atomic mass is 9.74. The highest BCUT2D eigenvalue weighted by Gasteiger charge is 2.33. The van der Waals surface area contributed by atoms with Crippen molar-refractivity contribution in [3.8, 4) is 17.5 Å². The van der Waals surface area contributed by atoms with E-state index in [0.717, 1.165) is 53.4 Å². The average molecular weight is 465 g/mol. The van der Waals surface area contributed by atoms with Gasteiger partial charge >= 0.3 is 0 Å². The molecule has 2 atom stereocenters. The molecule has 2 heterocycles. The Bertz CT molecular complexity index is 1390. The Balaban J connectivity index is 2.07. The third-order valence-corrected chi connectivity index (χ3v) is 6.68. The van der Waals surface area contributed by atoms with Gasteiger partial charge in [0, 0.05) is 39.8 Å². The fraction of sp³-hybridized carbons (Fsp3) is 0.267. The summed E-state index contributed by atoms with van der Waals surface area (Å²) in [5, 5.41) is 10.5. The maximum absolute atomic E-state index is 15.0. The molecule has 0 bridgehead atoms. The van der Waals surface area contributed by atoms with Gasteiger partial charge in [-0.1, -0.05) is 56.9 Å². The minimum absolute atomic E-state index is 0.0511. The first-order valence-corrected chi connectivity index (χ1v) is 12.0. The first kappa shape index (κ1) is 24.2. The smallest absolute Gasteiger partial charge is 0.160 e. The second-order valence-corrected chi connectivity index (χ2v) is 8.88. The predicted molar refractivity (Wildman–Crippen MR) is 140 cm³/mol. The highest BCUT2D eigenvalue weighted by atomic mass is 19.1. The van der Waals surface area contributed by atoms with E-state index < -0.39 is 5.83 Å². The van der Waals surface area contributed by atoms with Gasteiger partial charge in [0.1, 0.15) is 5.83 Å². The highest BCUT2D eigenvalue weighted by Crippen LogP contribution is 2.43. The van der Waals surface area contributed by atoms with Crippen LogP contribution in [-0.4, -0.2) is 15.0 Å². The summed E-state index contributed by atoms with van der Waals surface area (Å²) in [6.45, 7) is 11.5. The topological polar surface area (TPSA) is 62.5 Å². The Hall–Kier alpha value is -3.91. The van der Waals surface area contributed by atoms with Crippen molar-refractivity contribution in [2.75, 3.05) is 0 Å². The quantitative estimate of drug-likeness (QED) is 0.266. The molecule has 1 aliphatic rings. The van der Waals surface area contributed by atoms with E-state index in [4.69, 9.17) is 9.97 Å².